The van der Waals surface area contributed by atoms with Crippen molar-refractivity contribution in [1.29, 1.82) is 0 Å². The molecule has 0 aromatic carbocycles. The van der Waals surface area contributed by atoms with Crippen LogP contribution < -0.4 is 5.73 Å². The van der Waals surface area contributed by atoms with Crippen LogP contribution in [0.4, 0.5) is 0 Å². The Bertz CT molecular complexity index is 251. The summed E-state index contributed by atoms with van der Waals surface area (Å²) >= 11 is 0. The highest BCUT2D eigenvalue weighted by molar-refractivity contribution is 5.97. The van der Waals surface area contributed by atoms with Gasteiger partial charge in [0.25, 0.3) is 8.05 Å². The van der Waals surface area contributed by atoms with Gasteiger partial charge in [0, 0.05) is 6.04 Å². The Kier molecular flexibility index (Phi) is 3.56. The smallest absolute Gasteiger partial charge is 0.257 e. The zero-order valence-electron chi connectivity index (χ0n) is 10.1. The van der Waals surface area contributed by atoms with Crippen molar-refractivity contribution < 1.29 is 18.9 Å². The van der Waals surface area contributed by atoms with Gasteiger partial charge in [0.1, 0.15) is 12.2 Å². The van der Waals surface area contributed by atoms with E-state index in [9.17, 15) is 0 Å². The second-order valence-corrected chi connectivity index (χ2v) is 4.87. The topological polar surface area (TPSA) is 62.9 Å². The minimum atomic E-state index is -0.545. The molecule has 2 aliphatic rings. The molecule has 0 bridgehead atoms. The van der Waals surface area contributed by atoms with Gasteiger partial charge in [0.2, 0.25) is 0 Å². The van der Waals surface area contributed by atoms with Crippen molar-refractivity contribution in [3.8, 4) is 0 Å². The van der Waals surface area contributed by atoms with Crippen molar-refractivity contribution in [2.24, 2.45) is 5.73 Å². The molecule has 0 radical (unpaired) electrons. The summed E-state index contributed by atoms with van der Waals surface area (Å²) in [7, 11) is 1.66. The first-order valence-electron chi connectivity index (χ1n) is 5.75. The van der Waals surface area contributed by atoms with Crippen LogP contribution >= 0.6 is 0 Å². The average molecular weight is 229 g/mol. The van der Waals surface area contributed by atoms with E-state index in [2.05, 4.69) is 0 Å². The Morgan fingerprint density at radius 2 is 2.00 bits per heavy atom. The van der Waals surface area contributed by atoms with E-state index < -0.39 is 5.79 Å². The highest BCUT2D eigenvalue weighted by Gasteiger charge is 2.53. The van der Waals surface area contributed by atoms with Gasteiger partial charge in [0.15, 0.2) is 5.79 Å². The summed E-state index contributed by atoms with van der Waals surface area (Å²) in [5.74, 6) is -0.545. The first-order valence-corrected chi connectivity index (χ1v) is 5.75. The molecule has 0 aromatic heterocycles. The zero-order valence-corrected chi connectivity index (χ0v) is 10.1. The van der Waals surface area contributed by atoms with E-state index in [0.29, 0.717) is 13.2 Å². The van der Waals surface area contributed by atoms with E-state index in [1.807, 2.05) is 13.8 Å². The van der Waals surface area contributed by atoms with Crippen LogP contribution in [0.25, 0.3) is 0 Å². The molecule has 0 spiro atoms. The molecule has 6 heteroatoms. The molecular weight excluding hydrogens is 209 g/mol. The number of hydrogen-bond donors (Lipinski definition) is 1. The molecule has 5 nitrogen and oxygen atoms in total. The van der Waals surface area contributed by atoms with Crippen LogP contribution in [0, 0.1) is 0 Å². The summed E-state index contributed by atoms with van der Waals surface area (Å²) in [6.07, 6.45) is 0.733. The molecule has 1 aliphatic carbocycles. The van der Waals surface area contributed by atoms with Crippen molar-refractivity contribution in [2.75, 3.05) is 13.2 Å². The fraction of sp³-hybridized carbons (Fsp3) is 1.00. The Morgan fingerprint density at radius 1 is 1.31 bits per heavy atom. The molecule has 4 atom stereocenters. The molecular formula is C10H20BNO4. The molecule has 1 saturated carbocycles. The maximum atomic E-state index is 6.02. The molecule has 1 aliphatic heterocycles. The van der Waals surface area contributed by atoms with Gasteiger partial charge in [-0.3, -0.25) is 0 Å². The van der Waals surface area contributed by atoms with Crippen molar-refractivity contribution in [1.82, 2.24) is 0 Å². The zero-order chi connectivity index (χ0) is 11.8. The first-order chi connectivity index (χ1) is 7.53. The summed E-state index contributed by atoms with van der Waals surface area (Å²) < 4.78 is 22.2. The van der Waals surface area contributed by atoms with Crippen LogP contribution in [0.3, 0.4) is 0 Å². The third kappa shape index (κ3) is 2.41. The van der Waals surface area contributed by atoms with Crippen molar-refractivity contribution in [2.45, 2.75) is 50.4 Å². The van der Waals surface area contributed by atoms with Crippen LogP contribution in [-0.2, 0) is 18.9 Å². The van der Waals surface area contributed by atoms with Gasteiger partial charge in [-0.2, -0.15) is 0 Å². The Hall–Kier alpha value is -0.135. The summed E-state index contributed by atoms with van der Waals surface area (Å²) in [4.78, 5) is 0. The monoisotopic (exact) mass is 229 g/mol. The van der Waals surface area contributed by atoms with E-state index in [0.717, 1.165) is 6.42 Å². The third-order valence-electron chi connectivity index (χ3n) is 3.08. The van der Waals surface area contributed by atoms with Gasteiger partial charge < -0.3 is 24.6 Å². The molecule has 2 N–H and O–H groups in total. The van der Waals surface area contributed by atoms with E-state index >= 15 is 0 Å². The van der Waals surface area contributed by atoms with E-state index in [-0.39, 0.29) is 24.4 Å². The quantitative estimate of drug-likeness (QED) is 0.504. The molecule has 1 heterocycles. The maximum Gasteiger partial charge on any atom is 0.257 e. The lowest BCUT2D eigenvalue weighted by molar-refractivity contribution is -0.168. The molecule has 0 amide bonds. The number of hydrogen-bond acceptors (Lipinski definition) is 5. The SMILES string of the molecule is BOCCO[C@H]1C[C@@H](N)[C@@H]2OC(C)(C)O[C@@H]21. The third-order valence-corrected chi connectivity index (χ3v) is 3.08. The van der Waals surface area contributed by atoms with Gasteiger partial charge >= 0.3 is 0 Å². The molecule has 2 fully saturated rings. The summed E-state index contributed by atoms with van der Waals surface area (Å²) in [5.41, 5.74) is 6.02. The average Bonchev–Trinajstić information content (AvgIpc) is 2.64. The standard InChI is InChI=1S/C10H20BNO4/c1-10(2)15-8-6(12)5-7(9(8)16-10)13-3-4-14-11/h6-9H,3-5,11-12H2,1-2H3/t6-,7+,8+,9-/m1/s1. The number of ether oxygens (including phenoxy) is 3. The van der Waals surface area contributed by atoms with Gasteiger partial charge in [-0.25, -0.2) is 0 Å². The summed E-state index contributed by atoms with van der Waals surface area (Å²) in [6, 6.07) is -0.000630. The van der Waals surface area contributed by atoms with E-state index in [1.54, 1.807) is 8.05 Å². The summed E-state index contributed by atoms with van der Waals surface area (Å²) in [5, 5.41) is 0. The highest BCUT2D eigenvalue weighted by Crippen LogP contribution is 2.38. The van der Waals surface area contributed by atoms with Gasteiger partial charge in [-0.1, -0.05) is 0 Å². The molecule has 2 rings (SSSR count). The normalized spacial score (nSPS) is 41.2. The molecule has 16 heavy (non-hydrogen) atoms. The fourth-order valence-corrected chi connectivity index (χ4v) is 2.42. The lowest BCUT2D eigenvalue weighted by atomic mass is 10.2. The molecule has 0 unspecified atom stereocenters. The Labute approximate surface area is 97.0 Å². The number of rotatable bonds is 4. The predicted molar refractivity (Wildman–Crippen MR) is 60.7 cm³/mol. The lowest BCUT2D eigenvalue weighted by Gasteiger charge is -2.22. The van der Waals surface area contributed by atoms with Crippen molar-refractivity contribution >= 4 is 8.05 Å². The first kappa shape index (κ1) is 12.3. The van der Waals surface area contributed by atoms with Crippen LogP contribution in [-0.4, -0.2) is 51.4 Å². The van der Waals surface area contributed by atoms with Gasteiger partial charge in [0.05, 0.1) is 19.3 Å². The van der Waals surface area contributed by atoms with Crippen LogP contribution in [0.2, 0.25) is 0 Å². The Morgan fingerprint density at radius 3 is 2.69 bits per heavy atom. The van der Waals surface area contributed by atoms with Crippen LogP contribution in [0.1, 0.15) is 20.3 Å². The van der Waals surface area contributed by atoms with Crippen molar-refractivity contribution in [3.05, 3.63) is 0 Å². The molecule has 1 saturated heterocycles. The fourth-order valence-electron chi connectivity index (χ4n) is 2.42. The minimum absolute atomic E-state index is 0.000630. The largest absolute Gasteiger partial charge is 0.442 e. The highest BCUT2D eigenvalue weighted by atomic mass is 16.8. The van der Waals surface area contributed by atoms with E-state index in [4.69, 9.17) is 24.6 Å². The maximum absolute atomic E-state index is 6.02. The van der Waals surface area contributed by atoms with Gasteiger partial charge in [-0.15, -0.1) is 0 Å². The molecule has 92 valence electrons. The second kappa shape index (κ2) is 4.62. The predicted octanol–water partition coefficient (Wildman–Crippen LogP) is -0.813. The van der Waals surface area contributed by atoms with Crippen LogP contribution in [0.15, 0.2) is 0 Å². The van der Waals surface area contributed by atoms with Crippen LogP contribution in [0.5, 0.6) is 0 Å². The van der Waals surface area contributed by atoms with E-state index in [1.165, 1.54) is 0 Å². The van der Waals surface area contributed by atoms with Crippen molar-refractivity contribution in [3.63, 3.8) is 0 Å². The number of nitrogens with two attached hydrogens (primary N) is 1. The second-order valence-electron chi connectivity index (χ2n) is 4.87. The Balaban J connectivity index is 1.91. The number of fused-ring (bicyclic) bond motifs is 1. The minimum Gasteiger partial charge on any atom is -0.442 e. The van der Waals surface area contributed by atoms with Gasteiger partial charge in [-0.05, 0) is 20.3 Å². The molecule has 0 aromatic rings. The summed E-state index contributed by atoms with van der Waals surface area (Å²) in [6.45, 7) is 4.97. The lowest BCUT2D eigenvalue weighted by Crippen LogP contribution is -2.35.